The maximum atomic E-state index is 5.47. The molecule has 1 heterocycles. The Labute approximate surface area is 113 Å². The topological polar surface area (TPSA) is 22.1 Å². The van der Waals surface area contributed by atoms with Gasteiger partial charge in [0.1, 0.15) is 5.75 Å². The predicted molar refractivity (Wildman–Crippen MR) is 79.0 cm³/mol. The minimum atomic E-state index is 0.106. The molecule has 0 saturated heterocycles. The summed E-state index contributed by atoms with van der Waals surface area (Å²) in [5.74, 6) is 1.41. The van der Waals surface area contributed by atoms with Crippen molar-refractivity contribution in [3.05, 3.63) is 22.7 Å². The number of hydrogen-bond acceptors (Lipinski definition) is 3. The van der Waals surface area contributed by atoms with Crippen molar-refractivity contribution in [1.82, 2.24) is 4.98 Å². The van der Waals surface area contributed by atoms with Gasteiger partial charge in [-0.3, -0.25) is 0 Å². The summed E-state index contributed by atoms with van der Waals surface area (Å²) in [6.45, 7) is 11.0. The first-order valence-corrected chi connectivity index (χ1v) is 7.13. The van der Waals surface area contributed by atoms with E-state index in [2.05, 4.69) is 46.8 Å². The number of hydrogen-bond donors (Lipinski definition) is 0. The molecule has 0 saturated carbocycles. The first-order chi connectivity index (χ1) is 8.32. The zero-order valence-electron chi connectivity index (χ0n) is 12.0. The summed E-state index contributed by atoms with van der Waals surface area (Å²) in [5.41, 5.74) is 2.41. The zero-order valence-corrected chi connectivity index (χ0v) is 12.8. The first-order valence-electron chi connectivity index (χ1n) is 6.32. The Morgan fingerprint density at radius 2 is 1.89 bits per heavy atom. The second-order valence-electron chi connectivity index (χ2n) is 5.99. The van der Waals surface area contributed by atoms with Crippen molar-refractivity contribution in [3.8, 4) is 5.75 Å². The smallest absolute Gasteiger partial charge is 0.124 e. The molecule has 2 aromatic rings. The maximum Gasteiger partial charge on any atom is 0.124 e. The third kappa shape index (κ3) is 2.37. The van der Waals surface area contributed by atoms with Crippen LogP contribution in [0.25, 0.3) is 10.2 Å². The molecule has 0 unspecified atom stereocenters. The van der Waals surface area contributed by atoms with Crippen molar-refractivity contribution >= 4 is 21.6 Å². The van der Waals surface area contributed by atoms with E-state index in [4.69, 9.17) is 9.72 Å². The molecule has 0 aliphatic rings. The lowest BCUT2D eigenvalue weighted by Crippen LogP contribution is -2.09. The second-order valence-corrected chi connectivity index (χ2v) is 7.02. The SMILES string of the molecule is COc1cc2nc(C(C)(C)C)sc2cc1C(C)C. The Balaban J connectivity index is 2.63. The molecule has 0 radical (unpaired) electrons. The molecule has 2 nitrogen and oxygen atoms in total. The van der Waals surface area contributed by atoms with Crippen LogP contribution >= 0.6 is 11.3 Å². The summed E-state index contributed by atoms with van der Waals surface area (Å²) in [6, 6.07) is 4.29. The Morgan fingerprint density at radius 3 is 2.39 bits per heavy atom. The van der Waals surface area contributed by atoms with Crippen molar-refractivity contribution in [2.75, 3.05) is 7.11 Å². The number of fused-ring (bicyclic) bond motifs is 1. The molecule has 98 valence electrons. The highest BCUT2D eigenvalue weighted by Gasteiger charge is 2.20. The summed E-state index contributed by atoms with van der Waals surface area (Å²) in [5, 5.41) is 1.18. The van der Waals surface area contributed by atoms with Crippen LogP contribution in [0.3, 0.4) is 0 Å². The molecular weight excluding hydrogens is 242 g/mol. The summed E-state index contributed by atoms with van der Waals surface area (Å²) in [4.78, 5) is 4.73. The molecule has 2 rings (SSSR count). The molecule has 18 heavy (non-hydrogen) atoms. The van der Waals surface area contributed by atoms with Gasteiger partial charge in [0.2, 0.25) is 0 Å². The largest absolute Gasteiger partial charge is 0.496 e. The van der Waals surface area contributed by atoms with E-state index in [9.17, 15) is 0 Å². The average Bonchev–Trinajstić information content (AvgIpc) is 2.69. The van der Waals surface area contributed by atoms with Crippen molar-refractivity contribution in [3.63, 3.8) is 0 Å². The van der Waals surface area contributed by atoms with Gasteiger partial charge >= 0.3 is 0 Å². The van der Waals surface area contributed by atoms with E-state index in [0.717, 1.165) is 11.3 Å². The third-order valence-electron chi connectivity index (χ3n) is 3.00. The summed E-state index contributed by atoms with van der Waals surface area (Å²) in [7, 11) is 1.73. The lowest BCUT2D eigenvalue weighted by Gasteiger charge is -2.13. The number of aromatic nitrogens is 1. The van der Waals surface area contributed by atoms with E-state index < -0.39 is 0 Å². The van der Waals surface area contributed by atoms with E-state index in [-0.39, 0.29) is 5.41 Å². The van der Waals surface area contributed by atoms with Crippen LogP contribution in [0.1, 0.15) is 51.1 Å². The summed E-state index contributed by atoms with van der Waals surface area (Å²) in [6.07, 6.45) is 0. The Bertz CT molecular complexity index is 564. The van der Waals surface area contributed by atoms with E-state index in [1.54, 1.807) is 18.4 Å². The van der Waals surface area contributed by atoms with Crippen LogP contribution in [0.15, 0.2) is 12.1 Å². The van der Waals surface area contributed by atoms with Crippen LogP contribution in [0.4, 0.5) is 0 Å². The molecule has 3 heteroatoms. The fraction of sp³-hybridized carbons (Fsp3) is 0.533. The van der Waals surface area contributed by atoms with Crippen molar-refractivity contribution in [2.45, 2.75) is 46.0 Å². The van der Waals surface area contributed by atoms with Crippen LogP contribution in [0, 0.1) is 0 Å². The predicted octanol–water partition coefficient (Wildman–Crippen LogP) is 4.73. The maximum absolute atomic E-state index is 5.47. The van der Waals surface area contributed by atoms with Crippen LogP contribution in [0.5, 0.6) is 5.75 Å². The van der Waals surface area contributed by atoms with Gasteiger partial charge in [0.05, 0.1) is 22.3 Å². The van der Waals surface area contributed by atoms with Crippen LogP contribution < -0.4 is 4.74 Å². The molecule has 0 fully saturated rings. The van der Waals surface area contributed by atoms with E-state index >= 15 is 0 Å². The highest BCUT2D eigenvalue weighted by molar-refractivity contribution is 7.18. The fourth-order valence-electron chi connectivity index (χ4n) is 1.92. The van der Waals surface area contributed by atoms with Crippen LogP contribution in [0.2, 0.25) is 0 Å². The molecule has 1 aromatic carbocycles. The first kappa shape index (κ1) is 13.3. The molecule has 0 spiro atoms. The van der Waals surface area contributed by atoms with Gasteiger partial charge in [-0.15, -0.1) is 11.3 Å². The van der Waals surface area contributed by atoms with Gasteiger partial charge in [0.15, 0.2) is 0 Å². The number of benzene rings is 1. The normalized spacial score (nSPS) is 12.4. The zero-order chi connectivity index (χ0) is 13.5. The van der Waals surface area contributed by atoms with Crippen molar-refractivity contribution in [2.24, 2.45) is 0 Å². The van der Waals surface area contributed by atoms with E-state index in [1.165, 1.54) is 15.3 Å². The second kappa shape index (κ2) is 4.54. The van der Waals surface area contributed by atoms with Crippen molar-refractivity contribution in [1.29, 1.82) is 0 Å². The van der Waals surface area contributed by atoms with Gasteiger partial charge in [-0.05, 0) is 17.5 Å². The molecule has 0 amide bonds. The van der Waals surface area contributed by atoms with Crippen molar-refractivity contribution < 1.29 is 4.74 Å². The Hall–Kier alpha value is -1.09. The molecule has 0 atom stereocenters. The van der Waals surface area contributed by atoms with E-state index in [0.29, 0.717) is 5.92 Å². The van der Waals surface area contributed by atoms with Gasteiger partial charge in [0, 0.05) is 11.5 Å². The fourth-order valence-corrected chi connectivity index (χ4v) is 2.97. The number of rotatable bonds is 2. The molecule has 1 aromatic heterocycles. The van der Waals surface area contributed by atoms with E-state index in [1.807, 2.05) is 0 Å². The highest BCUT2D eigenvalue weighted by atomic mass is 32.1. The minimum absolute atomic E-state index is 0.106. The highest BCUT2D eigenvalue weighted by Crippen LogP contribution is 2.36. The Kier molecular flexibility index (Phi) is 3.37. The average molecular weight is 263 g/mol. The van der Waals surface area contributed by atoms with Gasteiger partial charge in [-0.2, -0.15) is 0 Å². The molecule has 0 aliphatic heterocycles. The Morgan fingerprint density at radius 1 is 1.22 bits per heavy atom. The number of nitrogens with zero attached hydrogens (tertiary/aromatic N) is 1. The summed E-state index contributed by atoms with van der Waals surface area (Å²) < 4.78 is 6.73. The van der Waals surface area contributed by atoms with Gasteiger partial charge in [0.25, 0.3) is 0 Å². The number of methoxy groups -OCH3 is 1. The standard InChI is InChI=1S/C15H21NOS/c1-9(2)10-7-13-11(8-12(10)17-6)16-14(18-13)15(3,4)5/h7-9H,1-6H3. The van der Waals surface area contributed by atoms with Crippen LogP contribution in [-0.4, -0.2) is 12.1 Å². The lowest BCUT2D eigenvalue weighted by molar-refractivity contribution is 0.408. The van der Waals surface area contributed by atoms with Gasteiger partial charge < -0.3 is 4.74 Å². The number of ether oxygens (including phenoxy) is 1. The van der Waals surface area contributed by atoms with Gasteiger partial charge in [-0.1, -0.05) is 34.6 Å². The molecule has 0 aliphatic carbocycles. The van der Waals surface area contributed by atoms with Crippen LogP contribution in [-0.2, 0) is 5.41 Å². The molecule has 0 bridgehead atoms. The van der Waals surface area contributed by atoms with Gasteiger partial charge in [-0.25, -0.2) is 4.98 Å². The quantitative estimate of drug-likeness (QED) is 0.781. The third-order valence-corrected chi connectivity index (χ3v) is 4.45. The minimum Gasteiger partial charge on any atom is -0.496 e. The summed E-state index contributed by atoms with van der Waals surface area (Å²) >= 11 is 1.79. The molecule has 0 N–H and O–H groups in total. The monoisotopic (exact) mass is 263 g/mol. The number of thiazole rings is 1. The lowest BCUT2D eigenvalue weighted by atomic mass is 9.98. The molecular formula is C15H21NOS.